The second-order valence-corrected chi connectivity index (χ2v) is 5.87. The molecule has 2 aliphatic rings. The Morgan fingerprint density at radius 1 is 1.21 bits per heavy atom. The quantitative estimate of drug-likeness (QED) is 0.810. The molecule has 5 nitrogen and oxygen atoms in total. The fourth-order valence-electron chi connectivity index (χ4n) is 2.78. The summed E-state index contributed by atoms with van der Waals surface area (Å²) >= 11 is 0. The summed E-state index contributed by atoms with van der Waals surface area (Å²) in [6.45, 7) is 6.31. The van der Waals surface area contributed by atoms with Crippen LogP contribution in [0.4, 0.5) is 0 Å². The minimum Gasteiger partial charge on any atom is -0.424 e. The molecule has 2 fully saturated rings. The second kappa shape index (κ2) is 6.01. The van der Waals surface area contributed by atoms with Crippen LogP contribution in [0.25, 0.3) is 0 Å². The number of nitrogens with zero attached hydrogens (tertiary/aromatic N) is 3. The topological polar surface area (TPSA) is 54.2 Å². The molecule has 0 amide bonds. The summed E-state index contributed by atoms with van der Waals surface area (Å²) < 4.78 is 5.65. The van der Waals surface area contributed by atoms with Crippen molar-refractivity contribution in [2.75, 3.05) is 19.6 Å². The van der Waals surface area contributed by atoms with Gasteiger partial charge in [0, 0.05) is 25.6 Å². The Morgan fingerprint density at radius 3 is 2.68 bits per heavy atom. The molecule has 0 bridgehead atoms. The van der Waals surface area contributed by atoms with Gasteiger partial charge in [-0.15, -0.1) is 10.2 Å². The molecule has 0 spiro atoms. The number of aromatic nitrogens is 2. The standard InChI is InChI=1S/C14H24N4O/c1-2-13-16-17-14(19-13)10-18(8-11-5-6-11)9-12-4-3-7-15-12/h11-12,15H,2-10H2,1H3. The average molecular weight is 264 g/mol. The number of hydrogen-bond donors (Lipinski definition) is 1. The summed E-state index contributed by atoms with van der Waals surface area (Å²) in [4.78, 5) is 2.49. The molecule has 19 heavy (non-hydrogen) atoms. The zero-order valence-electron chi connectivity index (χ0n) is 11.8. The highest BCUT2D eigenvalue weighted by Gasteiger charge is 2.27. The van der Waals surface area contributed by atoms with E-state index in [4.69, 9.17) is 4.42 Å². The number of rotatable bonds is 7. The predicted octanol–water partition coefficient (Wildman–Crippen LogP) is 1.60. The van der Waals surface area contributed by atoms with Crippen molar-refractivity contribution in [2.24, 2.45) is 5.92 Å². The van der Waals surface area contributed by atoms with Gasteiger partial charge >= 0.3 is 0 Å². The van der Waals surface area contributed by atoms with Crippen LogP contribution in [0.1, 0.15) is 44.4 Å². The van der Waals surface area contributed by atoms with Crippen LogP contribution in [0.2, 0.25) is 0 Å². The predicted molar refractivity (Wildman–Crippen MR) is 72.7 cm³/mol. The molecule has 1 aliphatic heterocycles. The van der Waals surface area contributed by atoms with Crippen molar-refractivity contribution in [3.63, 3.8) is 0 Å². The van der Waals surface area contributed by atoms with E-state index in [0.29, 0.717) is 6.04 Å². The molecule has 1 saturated heterocycles. The van der Waals surface area contributed by atoms with Crippen molar-refractivity contribution >= 4 is 0 Å². The van der Waals surface area contributed by atoms with Gasteiger partial charge in [0.2, 0.25) is 11.8 Å². The van der Waals surface area contributed by atoms with Gasteiger partial charge in [-0.1, -0.05) is 6.92 Å². The minimum absolute atomic E-state index is 0.646. The van der Waals surface area contributed by atoms with Gasteiger partial charge in [-0.05, 0) is 38.1 Å². The van der Waals surface area contributed by atoms with E-state index in [1.165, 1.54) is 38.8 Å². The highest BCUT2D eigenvalue weighted by molar-refractivity contribution is 4.86. The molecule has 3 rings (SSSR count). The van der Waals surface area contributed by atoms with Crippen LogP contribution in [0.5, 0.6) is 0 Å². The van der Waals surface area contributed by atoms with Crippen molar-refractivity contribution in [3.05, 3.63) is 11.8 Å². The molecule has 1 atom stereocenters. The molecule has 5 heteroatoms. The molecule has 1 aromatic rings. The summed E-state index contributed by atoms with van der Waals surface area (Å²) in [5.74, 6) is 2.42. The smallest absolute Gasteiger partial charge is 0.230 e. The summed E-state index contributed by atoms with van der Waals surface area (Å²) in [5, 5.41) is 11.8. The third-order valence-corrected chi connectivity index (χ3v) is 4.02. The van der Waals surface area contributed by atoms with Crippen molar-refractivity contribution in [2.45, 2.75) is 51.6 Å². The zero-order valence-corrected chi connectivity index (χ0v) is 11.8. The first-order chi connectivity index (χ1) is 9.33. The summed E-state index contributed by atoms with van der Waals surface area (Å²) in [6.07, 6.45) is 6.20. The average Bonchev–Trinajstić information content (AvgIpc) is 2.91. The van der Waals surface area contributed by atoms with Gasteiger partial charge in [0.25, 0.3) is 0 Å². The molecule has 1 aromatic heterocycles. The van der Waals surface area contributed by atoms with Crippen LogP contribution in [-0.4, -0.2) is 40.8 Å². The molecule has 0 radical (unpaired) electrons. The van der Waals surface area contributed by atoms with Gasteiger partial charge in [-0.3, -0.25) is 4.90 Å². The van der Waals surface area contributed by atoms with Gasteiger partial charge in [-0.2, -0.15) is 0 Å². The van der Waals surface area contributed by atoms with E-state index in [1.807, 2.05) is 6.92 Å². The van der Waals surface area contributed by atoms with Crippen LogP contribution in [0, 0.1) is 5.92 Å². The normalized spacial score (nSPS) is 23.4. The van der Waals surface area contributed by atoms with Crippen LogP contribution in [0.3, 0.4) is 0 Å². The van der Waals surface area contributed by atoms with Crippen LogP contribution >= 0.6 is 0 Å². The van der Waals surface area contributed by atoms with E-state index in [9.17, 15) is 0 Å². The van der Waals surface area contributed by atoms with Crippen LogP contribution in [-0.2, 0) is 13.0 Å². The SMILES string of the molecule is CCc1nnc(CN(CC2CC2)CC2CCCN2)o1. The Kier molecular flexibility index (Phi) is 4.13. The van der Waals surface area contributed by atoms with E-state index in [0.717, 1.165) is 37.2 Å². The Morgan fingerprint density at radius 2 is 2.05 bits per heavy atom. The fraction of sp³-hybridized carbons (Fsp3) is 0.857. The summed E-state index contributed by atoms with van der Waals surface area (Å²) in [5.41, 5.74) is 0. The highest BCUT2D eigenvalue weighted by atomic mass is 16.4. The number of nitrogens with one attached hydrogen (secondary N) is 1. The van der Waals surface area contributed by atoms with Crippen LogP contribution < -0.4 is 5.32 Å². The number of hydrogen-bond acceptors (Lipinski definition) is 5. The molecular weight excluding hydrogens is 240 g/mol. The second-order valence-electron chi connectivity index (χ2n) is 5.87. The third-order valence-electron chi connectivity index (χ3n) is 4.02. The van der Waals surface area contributed by atoms with E-state index in [2.05, 4.69) is 20.4 Å². The largest absolute Gasteiger partial charge is 0.424 e. The Hall–Kier alpha value is -0.940. The van der Waals surface area contributed by atoms with Crippen molar-refractivity contribution in [1.82, 2.24) is 20.4 Å². The van der Waals surface area contributed by atoms with Crippen molar-refractivity contribution in [1.29, 1.82) is 0 Å². The summed E-state index contributed by atoms with van der Waals surface area (Å²) in [6, 6.07) is 0.646. The first-order valence-corrected chi connectivity index (χ1v) is 7.60. The Bertz CT molecular complexity index is 396. The third kappa shape index (κ3) is 3.76. The Labute approximate surface area is 114 Å². The number of aryl methyl sites for hydroxylation is 1. The lowest BCUT2D eigenvalue weighted by atomic mass is 10.2. The summed E-state index contributed by atoms with van der Waals surface area (Å²) in [7, 11) is 0. The molecular formula is C14H24N4O. The first kappa shape index (κ1) is 13.1. The van der Waals surface area contributed by atoms with Gasteiger partial charge in [0.15, 0.2) is 0 Å². The molecule has 0 aromatic carbocycles. The maximum Gasteiger partial charge on any atom is 0.230 e. The van der Waals surface area contributed by atoms with Gasteiger partial charge in [0.05, 0.1) is 6.54 Å². The molecule has 2 heterocycles. The lowest BCUT2D eigenvalue weighted by molar-refractivity contribution is 0.209. The lowest BCUT2D eigenvalue weighted by Gasteiger charge is -2.24. The monoisotopic (exact) mass is 264 g/mol. The van der Waals surface area contributed by atoms with Gasteiger partial charge < -0.3 is 9.73 Å². The maximum absolute atomic E-state index is 5.65. The van der Waals surface area contributed by atoms with Crippen molar-refractivity contribution in [3.8, 4) is 0 Å². The highest BCUT2D eigenvalue weighted by Crippen LogP contribution is 2.30. The molecule has 1 aliphatic carbocycles. The maximum atomic E-state index is 5.65. The van der Waals surface area contributed by atoms with Gasteiger partial charge in [0.1, 0.15) is 0 Å². The van der Waals surface area contributed by atoms with E-state index in [-0.39, 0.29) is 0 Å². The molecule has 1 unspecified atom stereocenters. The first-order valence-electron chi connectivity index (χ1n) is 7.60. The van der Waals surface area contributed by atoms with Crippen molar-refractivity contribution < 1.29 is 4.42 Å². The van der Waals surface area contributed by atoms with Crippen LogP contribution in [0.15, 0.2) is 4.42 Å². The van der Waals surface area contributed by atoms with E-state index < -0.39 is 0 Å². The Balaban J connectivity index is 1.57. The van der Waals surface area contributed by atoms with E-state index in [1.54, 1.807) is 0 Å². The van der Waals surface area contributed by atoms with Gasteiger partial charge in [-0.25, -0.2) is 0 Å². The lowest BCUT2D eigenvalue weighted by Crippen LogP contribution is -2.38. The van der Waals surface area contributed by atoms with E-state index >= 15 is 0 Å². The molecule has 1 saturated carbocycles. The minimum atomic E-state index is 0.646. The zero-order chi connectivity index (χ0) is 13.1. The molecule has 1 N–H and O–H groups in total. The molecule has 106 valence electrons. The fourth-order valence-corrected chi connectivity index (χ4v) is 2.78.